The fourth-order valence-corrected chi connectivity index (χ4v) is 4.19. The molecule has 4 nitrogen and oxygen atoms in total. The zero-order valence-electron chi connectivity index (χ0n) is 13.2. The van der Waals surface area contributed by atoms with Crippen molar-refractivity contribution in [2.75, 3.05) is 5.75 Å². The molecule has 1 amide bonds. The second kappa shape index (κ2) is 6.37. The van der Waals surface area contributed by atoms with Crippen molar-refractivity contribution in [2.24, 2.45) is 0 Å². The minimum Gasteiger partial charge on any atom is -0.360 e. The van der Waals surface area contributed by atoms with Gasteiger partial charge in [-0.1, -0.05) is 12.1 Å². The Bertz CT molecular complexity index is 1030. The molecule has 2 heterocycles. The first-order valence-electron chi connectivity index (χ1n) is 7.97. The molecule has 0 spiro atoms. The van der Waals surface area contributed by atoms with Crippen LogP contribution in [0.4, 0.5) is 4.39 Å². The highest BCUT2D eigenvalue weighted by atomic mass is 32.2. The molecule has 0 bridgehead atoms. The summed E-state index contributed by atoms with van der Waals surface area (Å²) in [6, 6.07) is 11.4. The SMILES string of the molecule is O=C(NC1CCSc2ccc(F)cc21)c1c[nH]c2ccccc2c1=O. The van der Waals surface area contributed by atoms with E-state index in [-0.39, 0.29) is 22.9 Å². The van der Waals surface area contributed by atoms with E-state index in [0.717, 1.165) is 16.2 Å². The number of rotatable bonds is 2. The maximum atomic E-state index is 13.6. The van der Waals surface area contributed by atoms with Gasteiger partial charge in [0, 0.05) is 27.7 Å². The number of benzene rings is 2. The average molecular weight is 354 g/mol. The first kappa shape index (κ1) is 15.9. The topological polar surface area (TPSA) is 62.0 Å². The van der Waals surface area contributed by atoms with Crippen molar-refractivity contribution in [3.05, 3.63) is 75.8 Å². The number of carbonyl (C=O) groups is 1. The van der Waals surface area contributed by atoms with Crippen LogP contribution in [0.2, 0.25) is 0 Å². The van der Waals surface area contributed by atoms with Gasteiger partial charge in [0.15, 0.2) is 0 Å². The van der Waals surface area contributed by atoms with Gasteiger partial charge < -0.3 is 10.3 Å². The number of halogens is 1. The van der Waals surface area contributed by atoms with Crippen molar-refractivity contribution in [1.29, 1.82) is 0 Å². The van der Waals surface area contributed by atoms with Crippen LogP contribution in [0.1, 0.15) is 28.4 Å². The van der Waals surface area contributed by atoms with Crippen LogP contribution in [0, 0.1) is 5.82 Å². The number of aromatic nitrogens is 1. The number of thioether (sulfide) groups is 1. The Morgan fingerprint density at radius 3 is 2.96 bits per heavy atom. The number of para-hydroxylation sites is 1. The standard InChI is InChI=1S/C19H15FN2O2S/c20-11-5-6-17-13(9-11)16(7-8-25-17)22-19(24)14-10-21-15-4-2-1-3-12(15)18(14)23/h1-6,9-10,16H,7-8H2,(H,21,23)(H,22,24). The Balaban J connectivity index is 1.67. The van der Waals surface area contributed by atoms with E-state index in [1.807, 2.05) is 6.07 Å². The lowest BCUT2D eigenvalue weighted by atomic mass is 10.0. The van der Waals surface area contributed by atoms with Gasteiger partial charge in [-0.05, 0) is 42.3 Å². The number of aromatic amines is 1. The molecular weight excluding hydrogens is 339 g/mol. The maximum Gasteiger partial charge on any atom is 0.257 e. The fraction of sp³-hybridized carbons (Fsp3) is 0.158. The maximum absolute atomic E-state index is 13.6. The van der Waals surface area contributed by atoms with E-state index in [9.17, 15) is 14.0 Å². The average Bonchev–Trinajstić information content (AvgIpc) is 2.62. The molecular formula is C19H15FN2O2S. The van der Waals surface area contributed by atoms with E-state index < -0.39 is 5.91 Å². The number of carbonyl (C=O) groups excluding carboxylic acids is 1. The highest BCUT2D eigenvalue weighted by Crippen LogP contribution is 2.36. The normalized spacial score (nSPS) is 16.4. The molecule has 1 atom stereocenters. The number of hydrogen-bond donors (Lipinski definition) is 2. The van der Waals surface area contributed by atoms with E-state index in [1.165, 1.54) is 18.3 Å². The van der Waals surface area contributed by atoms with E-state index in [4.69, 9.17) is 0 Å². The molecule has 126 valence electrons. The zero-order valence-corrected chi connectivity index (χ0v) is 14.0. The van der Waals surface area contributed by atoms with Crippen LogP contribution in [-0.2, 0) is 0 Å². The summed E-state index contributed by atoms with van der Waals surface area (Å²) in [6.07, 6.45) is 2.13. The molecule has 0 saturated heterocycles. The Morgan fingerprint density at radius 2 is 2.08 bits per heavy atom. The summed E-state index contributed by atoms with van der Waals surface area (Å²) in [4.78, 5) is 29.2. The van der Waals surface area contributed by atoms with Crippen LogP contribution in [0.15, 0.2) is 58.4 Å². The number of fused-ring (bicyclic) bond motifs is 2. The van der Waals surface area contributed by atoms with Gasteiger partial charge >= 0.3 is 0 Å². The minimum atomic E-state index is -0.445. The predicted molar refractivity (Wildman–Crippen MR) is 96.5 cm³/mol. The summed E-state index contributed by atoms with van der Waals surface area (Å²) < 4.78 is 13.6. The third-order valence-electron chi connectivity index (χ3n) is 4.35. The summed E-state index contributed by atoms with van der Waals surface area (Å²) >= 11 is 1.64. The number of amides is 1. The molecule has 2 aromatic carbocycles. The summed E-state index contributed by atoms with van der Waals surface area (Å²) in [5.41, 5.74) is 1.21. The molecule has 0 saturated carbocycles. The van der Waals surface area contributed by atoms with Crippen molar-refractivity contribution in [1.82, 2.24) is 10.3 Å². The first-order valence-corrected chi connectivity index (χ1v) is 8.95. The van der Waals surface area contributed by atoms with Crippen LogP contribution in [-0.4, -0.2) is 16.6 Å². The Morgan fingerprint density at radius 1 is 1.24 bits per heavy atom. The quantitative estimate of drug-likeness (QED) is 0.739. The molecule has 25 heavy (non-hydrogen) atoms. The fourth-order valence-electron chi connectivity index (χ4n) is 3.09. The van der Waals surface area contributed by atoms with Crippen LogP contribution >= 0.6 is 11.8 Å². The zero-order chi connectivity index (χ0) is 17.4. The van der Waals surface area contributed by atoms with Crippen molar-refractivity contribution in [3.63, 3.8) is 0 Å². The molecule has 1 aliphatic rings. The lowest BCUT2D eigenvalue weighted by Gasteiger charge is -2.26. The number of H-pyrrole nitrogens is 1. The third kappa shape index (κ3) is 2.93. The smallest absolute Gasteiger partial charge is 0.257 e. The van der Waals surface area contributed by atoms with Crippen LogP contribution in [0.5, 0.6) is 0 Å². The van der Waals surface area contributed by atoms with E-state index in [2.05, 4.69) is 10.3 Å². The minimum absolute atomic E-state index is 0.0647. The molecule has 0 fully saturated rings. The lowest BCUT2D eigenvalue weighted by molar-refractivity contribution is 0.0933. The highest BCUT2D eigenvalue weighted by Gasteiger charge is 2.24. The second-order valence-electron chi connectivity index (χ2n) is 5.92. The van der Waals surface area contributed by atoms with Gasteiger partial charge in [0.2, 0.25) is 5.43 Å². The Hall–Kier alpha value is -2.60. The largest absolute Gasteiger partial charge is 0.360 e. The van der Waals surface area contributed by atoms with Crippen molar-refractivity contribution in [2.45, 2.75) is 17.4 Å². The van der Waals surface area contributed by atoms with Gasteiger partial charge in [0.1, 0.15) is 11.4 Å². The van der Waals surface area contributed by atoms with Gasteiger partial charge in [-0.3, -0.25) is 9.59 Å². The molecule has 1 aliphatic heterocycles. The predicted octanol–water partition coefficient (Wildman–Crippen LogP) is 3.63. The molecule has 3 aromatic rings. The van der Waals surface area contributed by atoms with Gasteiger partial charge in [0.25, 0.3) is 5.91 Å². The monoisotopic (exact) mass is 354 g/mol. The molecule has 1 unspecified atom stereocenters. The first-order chi connectivity index (χ1) is 12.1. The Labute approximate surface area is 147 Å². The third-order valence-corrected chi connectivity index (χ3v) is 5.47. The van der Waals surface area contributed by atoms with Crippen molar-refractivity contribution < 1.29 is 9.18 Å². The highest BCUT2D eigenvalue weighted by molar-refractivity contribution is 7.99. The molecule has 1 aromatic heterocycles. The molecule has 2 N–H and O–H groups in total. The second-order valence-corrected chi connectivity index (χ2v) is 7.06. The van der Waals surface area contributed by atoms with Gasteiger partial charge in [0.05, 0.1) is 6.04 Å². The lowest BCUT2D eigenvalue weighted by Crippen LogP contribution is -2.33. The van der Waals surface area contributed by atoms with E-state index in [0.29, 0.717) is 17.3 Å². The van der Waals surface area contributed by atoms with Crippen LogP contribution in [0.25, 0.3) is 10.9 Å². The number of hydrogen-bond acceptors (Lipinski definition) is 3. The molecule has 4 rings (SSSR count). The molecule has 0 aliphatic carbocycles. The van der Waals surface area contributed by atoms with Crippen molar-refractivity contribution in [3.8, 4) is 0 Å². The van der Waals surface area contributed by atoms with Crippen molar-refractivity contribution >= 4 is 28.6 Å². The van der Waals surface area contributed by atoms with E-state index in [1.54, 1.807) is 36.0 Å². The molecule has 6 heteroatoms. The van der Waals surface area contributed by atoms with Gasteiger partial charge in [-0.25, -0.2) is 4.39 Å². The number of pyridine rings is 1. The summed E-state index contributed by atoms with van der Waals surface area (Å²) in [5, 5.41) is 3.36. The van der Waals surface area contributed by atoms with Crippen LogP contribution < -0.4 is 10.7 Å². The van der Waals surface area contributed by atoms with Gasteiger partial charge in [-0.2, -0.15) is 0 Å². The van der Waals surface area contributed by atoms with E-state index >= 15 is 0 Å². The van der Waals surface area contributed by atoms with Gasteiger partial charge in [-0.15, -0.1) is 11.8 Å². The molecule has 0 radical (unpaired) electrons. The summed E-state index contributed by atoms with van der Waals surface area (Å²) in [7, 11) is 0. The summed E-state index contributed by atoms with van der Waals surface area (Å²) in [5.74, 6) is 0.0562. The van der Waals surface area contributed by atoms with Crippen LogP contribution in [0.3, 0.4) is 0 Å². The Kier molecular flexibility index (Phi) is 4.05. The summed E-state index contributed by atoms with van der Waals surface area (Å²) in [6.45, 7) is 0. The number of nitrogens with one attached hydrogen (secondary N) is 2.